The number of benzene rings is 1. The Morgan fingerprint density at radius 1 is 1.21 bits per heavy atom. The van der Waals surface area contributed by atoms with Gasteiger partial charge in [0.15, 0.2) is 0 Å². The summed E-state index contributed by atoms with van der Waals surface area (Å²) in [5.41, 5.74) is 0. The number of piperidine rings is 1. The summed E-state index contributed by atoms with van der Waals surface area (Å²) >= 11 is 0. The molecule has 2 rings (SSSR count). The fraction of sp³-hybridized carbons (Fsp3) is 0.556. The first-order valence-corrected chi connectivity index (χ1v) is 8.40. The van der Waals surface area contributed by atoms with E-state index >= 15 is 0 Å². The van der Waals surface area contributed by atoms with Crippen LogP contribution in [0.4, 0.5) is 0 Å². The predicted molar refractivity (Wildman–Crippen MR) is 88.9 cm³/mol. The molecule has 1 atom stereocenters. The average Bonchev–Trinajstić information content (AvgIpc) is 2.60. The zero-order chi connectivity index (χ0) is 17.2. The van der Waals surface area contributed by atoms with E-state index in [9.17, 15) is 9.59 Å². The maximum absolute atomic E-state index is 12.2. The molecule has 1 fully saturated rings. The fourth-order valence-electron chi connectivity index (χ4n) is 2.84. The number of ether oxygens (including phenoxy) is 2. The van der Waals surface area contributed by atoms with Gasteiger partial charge in [0.25, 0.3) is 0 Å². The smallest absolute Gasteiger partial charge is 0.303 e. The molecule has 1 aromatic rings. The van der Waals surface area contributed by atoms with Crippen molar-refractivity contribution >= 4 is 11.9 Å². The molecule has 1 aromatic carbocycles. The minimum atomic E-state index is -0.778. The van der Waals surface area contributed by atoms with Crippen molar-refractivity contribution in [3.05, 3.63) is 30.3 Å². The number of aliphatic carboxylic acids is 1. The maximum Gasteiger partial charge on any atom is 0.303 e. The molecule has 1 saturated heterocycles. The summed E-state index contributed by atoms with van der Waals surface area (Å²) in [7, 11) is 0. The lowest BCUT2D eigenvalue weighted by atomic mass is 9.93. The number of likely N-dealkylation sites (tertiary alicyclic amines) is 1. The molecule has 1 aliphatic rings. The van der Waals surface area contributed by atoms with Crippen LogP contribution < -0.4 is 4.74 Å². The second kappa shape index (κ2) is 9.93. The van der Waals surface area contributed by atoms with Crippen LogP contribution in [0.1, 0.15) is 25.7 Å². The third kappa shape index (κ3) is 6.58. The lowest BCUT2D eigenvalue weighted by molar-refractivity contribution is -0.138. The number of carbonyl (C=O) groups excluding carboxylic acids is 1. The zero-order valence-electron chi connectivity index (χ0n) is 13.9. The van der Waals surface area contributed by atoms with E-state index in [1.54, 1.807) is 4.90 Å². The third-order valence-electron chi connectivity index (χ3n) is 4.10. The molecule has 1 N–H and O–H groups in total. The van der Waals surface area contributed by atoms with Crippen LogP contribution in [0.15, 0.2) is 30.3 Å². The highest BCUT2D eigenvalue weighted by molar-refractivity contribution is 5.77. The number of rotatable bonds is 9. The Bertz CT molecular complexity index is 519. The van der Waals surface area contributed by atoms with Crippen LogP contribution >= 0.6 is 0 Å². The SMILES string of the molecule is O=C(O)CCC1CCCN(C(=O)COCCOc2ccccc2)C1. The largest absolute Gasteiger partial charge is 0.491 e. The van der Waals surface area contributed by atoms with E-state index in [1.807, 2.05) is 30.3 Å². The van der Waals surface area contributed by atoms with Crippen molar-refractivity contribution in [3.63, 3.8) is 0 Å². The van der Waals surface area contributed by atoms with Gasteiger partial charge in [0.2, 0.25) is 5.91 Å². The van der Waals surface area contributed by atoms with Crippen molar-refractivity contribution in [2.45, 2.75) is 25.7 Å². The van der Waals surface area contributed by atoms with Crippen LogP contribution in [0, 0.1) is 5.92 Å². The maximum atomic E-state index is 12.2. The molecule has 1 amide bonds. The summed E-state index contributed by atoms with van der Waals surface area (Å²) in [6.07, 6.45) is 2.71. The Morgan fingerprint density at radius 2 is 2.00 bits per heavy atom. The number of para-hydroxylation sites is 1. The third-order valence-corrected chi connectivity index (χ3v) is 4.10. The lowest BCUT2D eigenvalue weighted by Gasteiger charge is -2.32. The van der Waals surface area contributed by atoms with Crippen molar-refractivity contribution in [3.8, 4) is 5.75 Å². The zero-order valence-corrected chi connectivity index (χ0v) is 13.9. The highest BCUT2D eigenvalue weighted by Crippen LogP contribution is 2.21. The molecular weight excluding hydrogens is 310 g/mol. The normalized spacial score (nSPS) is 17.5. The molecule has 0 saturated carbocycles. The first-order chi connectivity index (χ1) is 11.6. The summed E-state index contributed by atoms with van der Waals surface area (Å²) in [5, 5.41) is 8.76. The number of carboxylic acid groups (broad SMARTS) is 1. The highest BCUT2D eigenvalue weighted by atomic mass is 16.5. The number of carboxylic acids is 1. The van der Waals surface area contributed by atoms with E-state index in [4.69, 9.17) is 14.6 Å². The van der Waals surface area contributed by atoms with Crippen LogP contribution in [-0.4, -0.2) is 54.8 Å². The summed E-state index contributed by atoms with van der Waals surface area (Å²) in [5.74, 6) is 0.250. The van der Waals surface area contributed by atoms with Gasteiger partial charge in [-0.05, 0) is 37.3 Å². The van der Waals surface area contributed by atoms with Gasteiger partial charge in [-0.3, -0.25) is 9.59 Å². The van der Waals surface area contributed by atoms with Crippen molar-refractivity contribution < 1.29 is 24.2 Å². The van der Waals surface area contributed by atoms with E-state index in [-0.39, 0.29) is 24.9 Å². The Morgan fingerprint density at radius 3 is 2.75 bits per heavy atom. The second-order valence-electron chi connectivity index (χ2n) is 5.99. The molecule has 0 aromatic heterocycles. The summed E-state index contributed by atoms with van der Waals surface area (Å²) < 4.78 is 10.9. The first kappa shape index (κ1) is 18.3. The minimum Gasteiger partial charge on any atom is -0.491 e. The number of hydrogen-bond acceptors (Lipinski definition) is 4. The van der Waals surface area contributed by atoms with E-state index < -0.39 is 5.97 Å². The lowest BCUT2D eigenvalue weighted by Crippen LogP contribution is -2.42. The molecule has 24 heavy (non-hydrogen) atoms. The highest BCUT2D eigenvalue weighted by Gasteiger charge is 2.23. The van der Waals surface area contributed by atoms with Gasteiger partial charge < -0.3 is 19.5 Å². The van der Waals surface area contributed by atoms with Crippen molar-refractivity contribution in [1.29, 1.82) is 0 Å². The van der Waals surface area contributed by atoms with E-state index in [1.165, 1.54) is 0 Å². The molecule has 0 radical (unpaired) electrons. The fourth-order valence-corrected chi connectivity index (χ4v) is 2.84. The van der Waals surface area contributed by atoms with Crippen molar-refractivity contribution in [2.75, 3.05) is 32.9 Å². The van der Waals surface area contributed by atoms with Crippen LogP contribution in [0.2, 0.25) is 0 Å². The Labute approximate surface area is 142 Å². The minimum absolute atomic E-state index is 0.0327. The molecule has 1 aliphatic heterocycles. The molecule has 6 heteroatoms. The van der Waals surface area contributed by atoms with Crippen molar-refractivity contribution in [1.82, 2.24) is 4.90 Å². The standard InChI is InChI=1S/C18H25NO5/c20-17(14-23-11-12-24-16-6-2-1-3-7-16)19-10-4-5-15(13-19)8-9-18(21)22/h1-3,6-7,15H,4-5,8-14H2,(H,21,22). The molecule has 0 bridgehead atoms. The first-order valence-electron chi connectivity index (χ1n) is 8.40. The monoisotopic (exact) mass is 335 g/mol. The summed E-state index contributed by atoms with van der Waals surface area (Å²) in [6, 6.07) is 9.46. The summed E-state index contributed by atoms with van der Waals surface area (Å²) in [6.45, 7) is 2.17. The topological polar surface area (TPSA) is 76.1 Å². The van der Waals surface area contributed by atoms with Gasteiger partial charge in [-0.2, -0.15) is 0 Å². The van der Waals surface area contributed by atoms with Gasteiger partial charge >= 0.3 is 5.97 Å². The molecule has 132 valence electrons. The van der Waals surface area contributed by atoms with Gasteiger partial charge in [0.05, 0.1) is 6.61 Å². The number of carbonyl (C=O) groups is 2. The van der Waals surface area contributed by atoms with Crippen molar-refractivity contribution in [2.24, 2.45) is 5.92 Å². The number of amides is 1. The van der Waals surface area contributed by atoms with Gasteiger partial charge in [-0.15, -0.1) is 0 Å². The Balaban J connectivity index is 1.60. The van der Waals surface area contributed by atoms with Gasteiger partial charge in [-0.1, -0.05) is 18.2 Å². The van der Waals surface area contributed by atoms with E-state index in [0.717, 1.165) is 25.1 Å². The number of hydrogen-bond donors (Lipinski definition) is 1. The molecule has 1 heterocycles. The summed E-state index contributed by atoms with van der Waals surface area (Å²) in [4.78, 5) is 24.6. The molecule has 6 nitrogen and oxygen atoms in total. The van der Waals surface area contributed by atoms with Crippen LogP contribution in [0.5, 0.6) is 5.75 Å². The molecule has 0 aliphatic carbocycles. The van der Waals surface area contributed by atoms with Crippen LogP contribution in [0.3, 0.4) is 0 Å². The average molecular weight is 335 g/mol. The quantitative estimate of drug-likeness (QED) is 0.700. The van der Waals surface area contributed by atoms with E-state index in [0.29, 0.717) is 26.2 Å². The van der Waals surface area contributed by atoms with Gasteiger partial charge in [-0.25, -0.2) is 0 Å². The molecule has 1 unspecified atom stereocenters. The molecule has 0 spiro atoms. The van der Waals surface area contributed by atoms with E-state index in [2.05, 4.69) is 0 Å². The van der Waals surface area contributed by atoms with Gasteiger partial charge in [0, 0.05) is 19.5 Å². The number of nitrogens with zero attached hydrogens (tertiary/aromatic N) is 1. The van der Waals surface area contributed by atoms with Gasteiger partial charge in [0.1, 0.15) is 19.0 Å². The predicted octanol–water partition coefficient (Wildman–Crippen LogP) is 2.19. The second-order valence-corrected chi connectivity index (χ2v) is 5.99. The molecular formula is C18H25NO5. The van der Waals surface area contributed by atoms with Crippen LogP contribution in [0.25, 0.3) is 0 Å². The van der Waals surface area contributed by atoms with Crippen LogP contribution in [-0.2, 0) is 14.3 Å². The Kier molecular flexibility index (Phi) is 7.55. The Hall–Kier alpha value is -2.08.